The van der Waals surface area contributed by atoms with Gasteiger partial charge >= 0.3 is 0 Å². The van der Waals surface area contributed by atoms with Gasteiger partial charge in [-0.15, -0.1) is 0 Å². The summed E-state index contributed by atoms with van der Waals surface area (Å²) < 4.78 is 31.3. The highest BCUT2D eigenvalue weighted by Crippen LogP contribution is 2.29. The molecular weight excluding hydrogens is 328 g/mol. The first-order valence-corrected chi connectivity index (χ1v) is 8.74. The fourth-order valence-electron chi connectivity index (χ4n) is 2.72. The van der Waals surface area contributed by atoms with E-state index in [1.807, 2.05) is 0 Å². The molecule has 1 atom stereocenters. The summed E-state index contributed by atoms with van der Waals surface area (Å²) in [6, 6.07) is 4.94. The van der Waals surface area contributed by atoms with Crippen molar-refractivity contribution in [1.82, 2.24) is 9.62 Å². The van der Waals surface area contributed by atoms with Crippen molar-refractivity contribution >= 4 is 38.5 Å². The molecule has 0 bridgehead atoms. The number of carbonyl (C=O) groups is 1. The Balaban J connectivity index is 1.89. The molecule has 0 spiro atoms. The van der Waals surface area contributed by atoms with Crippen molar-refractivity contribution in [2.24, 2.45) is 0 Å². The van der Waals surface area contributed by atoms with E-state index in [2.05, 4.69) is 4.72 Å². The number of carbonyl (C=O) groups excluding carboxylic acids is 1. The molecule has 6 nitrogen and oxygen atoms in total. The minimum absolute atomic E-state index is 0.185. The molecule has 1 unspecified atom stereocenters. The lowest BCUT2D eigenvalue weighted by atomic mass is 10.1. The molecule has 2 aromatic rings. The van der Waals surface area contributed by atoms with Crippen LogP contribution in [0.3, 0.4) is 0 Å². The summed E-state index contributed by atoms with van der Waals surface area (Å²) in [6.45, 7) is 0.594. The van der Waals surface area contributed by atoms with Crippen LogP contribution >= 0.6 is 11.6 Å². The second-order valence-corrected chi connectivity index (χ2v) is 7.74. The number of halogens is 1. The van der Waals surface area contributed by atoms with Gasteiger partial charge in [-0.05, 0) is 31.7 Å². The molecular formula is C14H15ClN2O4S. The van der Waals surface area contributed by atoms with E-state index in [4.69, 9.17) is 16.0 Å². The van der Waals surface area contributed by atoms with Gasteiger partial charge in [-0.3, -0.25) is 4.79 Å². The van der Waals surface area contributed by atoms with Crippen molar-refractivity contribution in [2.75, 3.05) is 20.1 Å². The summed E-state index contributed by atoms with van der Waals surface area (Å²) in [5, 5.41) is 0.500. The van der Waals surface area contributed by atoms with Gasteiger partial charge < -0.3 is 9.32 Å². The molecule has 0 aliphatic carbocycles. The zero-order valence-corrected chi connectivity index (χ0v) is 13.4. The lowest BCUT2D eigenvalue weighted by molar-refractivity contribution is 0.0795. The van der Waals surface area contributed by atoms with Crippen molar-refractivity contribution in [3.05, 3.63) is 35.0 Å². The summed E-state index contributed by atoms with van der Waals surface area (Å²) in [4.78, 5) is 14.2. The van der Waals surface area contributed by atoms with Crippen molar-refractivity contribution in [3.8, 4) is 0 Å². The Bertz CT molecular complexity index is 830. The van der Waals surface area contributed by atoms with E-state index in [9.17, 15) is 13.2 Å². The lowest BCUT2D eigenvalue weighted by Gasteiger charge is -2.17. The number of nitrogens with one attached hydrogen (secondary N) is 1. The highest BCUT2D eigenvalue weighted by atomic mass is 35.5. The Morgan fingerprint density at radius 3 is 2.91 bits per heavy atom. The number of likely N-dealkylation sites (tertiary alicyclic amines) is 1. The number of benzene rings is 1. The van der Waals surface area contributed by atoms with Gasteiger partial charge in [-0.2, -0.15) is 0 Å². The van der Waals surface area contributed by atoms with Gasteiger partial charge in [0, 0.05) is 18.5 Å². The lowest BCUT2D eigenvalue weighted by Crippen LogP contribution is -2.36. The van der Waals surface area contributed by atoms with Crippen LogP contribution in [0.15, 0.2) is 28.9 Å². The number of hydrogen-bond acceptors (Lipinski definition) is 4. The molecule has 1 aromatic carbocycles. The second kappa shape index (κ2) is 5.57. The molecule has 1 aromatic heterocycles. The van der Waals surface area contributed by atoms with Crippen LogP contribution in [-0.2, 0) is 10.0 Å². The molecule has 1 fully saturated rings. The summed E-state index contributed by atoms with van der Waals surface area (Å²) in [5.41, 5.74) is 0.932. The van der Waals surface area contributed by atoms with Gasteiger partial charge in [0.1, 0.15) is 0 Å². The summed E-state index contributed by atoms with van der Waals surface area (Å²) in [5.74, 6) is -0.211. The van der Waals surface area contributed by atoms with Crippen LogP contribution in [0.25, 0.3) is 11.0 Å². The quantitative estimate of drug-likeness (QED) is 0.923. The van der Waals surface area contributed by atoms with Crippen LogP contribution in [0.2, 0.25) is 5.02 Å². The molecule has 0 radical (unpaired) electrons. The summed E-state index contributed by atoms with van der Waals surface area (Å²) in [6.07, 6.45) is 1.91. The number of fused-ring (bicyclic) bond motifs is 1. The fourth-order valence-corrected chi connectivity index (χ4v) is 4.05. The summed E-state index contributed by atoms with van der Waals surface area (Å²) in [7, 11) is -1.99. The third-order valence-corrected chi connectivity index (χ3v) is 6.08. The maximum Gasteiger partial charge on any atom is 0.254 e. The maximum atomic E-state index is 12.7. The monoisotopic (exact) mass is 342 g/mol. The van der Waals surface area contributed by atoms with Gasteiger partial charge in [0.05, 0.1) is 22.1 Å². The highest BCUT2D eigenvalue weighted by molar-refractivity contribution is 7.90. The first-order valence-electron chi connectivity index (χ1n) is 6.81. The molecule has 22 heavy (non-hydrogen) atoms. The van der Waals surface area contributed by atoms with E-state index in [0.29, 0.717) is 34.5 Å². The van der Waals surface area contributed by atoms with Gasteiger partial charge in [-0.25, -0.2) is 13.1 Å². The van der Waals surface area contributed by atoms with Crippen molar-refractivity contribution in [2.45, 2.75) is 11.7 Å². The van der Waals surface area contributed by atoms with Crippen LogP contribution in [0, 0.1) is 0 Å². The normalized spacial score (nSPS) is 19.0. The van der Waals surface area contributed by atoms with E-state index < -0.39 is 15.3 Å². The number of nitrogens with zero attached hydrogens (tertiary/aromatic N) is 1. The molecule has 1 amide bonds. The average molecular weight is 343 g/mol. The average Bonchev–Trinajstić information content (AvgIpc) is 3.17. The van der Waals surface area contributed by atoms with Crippen LogP contribution in [0.4, 0.5) is 0 Å². The van der Waals surface area contributed by atoms with E-state index >= 15 is 0 Å². The predicted octanol–water partition coefficient (Wildman–Crippen LogP) is 1.85. The number of rotatable bonds is 3. The first-order chi connectivity index (χ1) is 10.4. The van der Waals surface area contributed by atoms with Crippen LogP contribution in [0.5, 0.6) is 0 Å². The van der Waals surface area contributed by atoms with E-state index in [-0.39, 0.29) is 12.5 Å². The van der Waals surface area contributed by atoms with Crippen LogP contribution in [-0.4, -0.2) is 44.6 Å². The number of furan rings is 1. The Hall–Kier alpha value is -1.57. The number of amides is 1. The Kier molecular flexibility index (Phi) is 3.88. The molecule has 8 heteroatoms. The standard InChI is InChI=1S/C14H15ClN2O4S/c1-16-22(19,20)9-4-6-17(8-9)14(18)11-2-3-12(15)13-10(11)5-7-21-13/h2-3,5,7,9,16H,4,6,8H2,1H3. The third kappa shape index (κ3) is 2.49. The maximum absolute atomic E-state index is 12.7. The molecule has 2 heterocycles. The Morgan fingerprint density at radius 2 is 2.18 bits per heavy atom. The molecule has 0 saturated carbocycles. The van der Waals surface area contributed by atoms with E-state index in [1.165, 1.54) is 13.3 Å². The topological polar surface area (TPSA) is 79.6 Å². The third-order valence-electron chi connectivity index (χ3n) is 3.95. The van der Waals surface area contributed by atoms with Crippen molar-refractivity contribution in [1.29, 1.82) is 0 Å². The minimum atomic E-state index is -3.37. The molecule has 1 aliphatic rings. The first kappa shape index (κ1) is 15.3. The molecule has 1 aliphatic heterocycles. The molecule has 118 valence electrons. The Labute approximate surface area is 133 Å². The van der Waals surface area contributed by atoms with Gasteiger partial charge in [-0.1, -0.05) is 11.6 Å². The zero-order valence-electron chi connectivity index (χ0n) is 11.9. The minimum Gasteiger partial charge on any atom is -0.463 e. The van der Waals surface area contributed by atoms with Crippen LogP contribution in [0.1, 0.15) is 16.8 Å². The zero-order chi connectivity index (χ0) is 15.9. The predicted molar refractivity (Wildman–Crippen MR) is 83.5 cm³/mol. The van der Waals surface area contributed by atoms with Crippen molar-refractivity contribution in [3.63, 3.8) is 0 Å². The number of hydrogen-bond donors (Lipinski definition) is 1. The van der Waals surface area contributed by atoms with Gasteiger partial charge in [0.15, 0.2) is 5.58 Å². The van der Waals surface area contributed by atoms with Gasteiger partial charge in [0.25, 0.3) is 5.91 Å². The Morgan fingerprint density at radius 1 is 1.41 bits per heavy atom. The SMILES string of the molecule is CNS(=O)(=O)C1CCN(C(=O)c2ccc(Cl)c3occc23)C1. The van der Waals surface area contributed by atoms with E-state index in [0.717, 1.165) is 0 Å². The highest BCUT2D eigenvalue weighted by Gasteiger charge is 2.35. The molecule has 3 rings (SSSR count). The second-order valence-electron chi connectivity index (χ2n) is 5.17. The van der Waals surface area contributed by atoms with E-state index in [1.54, 1.807) is 23.1 Å². The smallest absolute Gasteiger partial charge is 0.254 e. The fraction of sp³-hybridized carbons (Fsp3) is 0.357. The summed E-state index contributed by atoms with van der Waals surface area (Å²) >= 11 is 6.03. The molecule has 1 N–H and O–H groups in total. The largest absolute Gasteiger partial charge is 0.463 e. The number of sulfonamides is 1. The van der Waals surface area contributed by atoms with Crippen molar-refractivity contribution < 1.29 is 17.6 Å². The van der Waals surface area contributed by atoms with Gasteiger partial charge in [0.2, 0.25) is 10.0 Å². The molecule has 1 saturated heterocycles. The van der Waals surface area contributed by atoms with Crippen LogP contribution < -0.4 is 4.72 Å².